The molecular formula is C14H15N3O3. The number of nitrogens with one attached hydrogen (secondary N) is 1. The van der Waals surface area contributed by atoms with Gasteiger partial charge in [-0.2, -0.15) is 0 Å². The maximum atomic E-state index is 12.0. The Bertz CT molecular complexity index is 556. The summed E-state index contributed by atoms with van der Waals surface area (Å²) >= 11 is 0. The lowest BCUT2D eigenvalue weighted by atomic mass is 9.95. The van der Waals surface area contributed by atoms with E-state index in [0.29, 0.717) is 18.9 Å². The van der Waals surface area contributed by atoms with E-state index < -0.39 is 0 Å². The van der Waals surface area contributed by atoms with Gasteiger partial charge in [-0.05, 0) is 24.1 Å². The summed E-state index contributed by atoms with van der Waals surface area (Å²) in [6.07, 6.45) is 5.78. The summed E-state index contributed by atoms with van der Waals surface area (Å²) in [5.41, 5.74) is 1.48. The Hall–Kier alpha value is -2.21. The van der Waals surface area contributed by atoms with Crippen LogP contribution in [0.15, 0.2) is 41.4 Å². The first kappa shape index (κ1) is 12.8. The second kappa shape index (κ2) is 5.83. The van der Waals surface area contributed by atoms with E-state index in [-0.39, 0.29) is 17.9 Å². The molecule has 3 heterocycles. The van der Waals surface area contributed by atoms with Crippen LogP contribution in [0.1, 0.15) is 16.1 Å². The lowest BCUT2D eigenvalue weighted by Gasteiger charge is -2.18. The number of carbonyl (C=O) groups excluding carboxylic acids is 1. The monoisotopic (exact) mass is 273 g/mol. The molecule has 1 N–H and O–H groups in total. The van der Waals surface area contributed by atoms with E-state index in [1.54, 1.807) is 18.5 Å². The maximum absolute atomic E-state index is 12.0. The molecule has 0 aliphatic carbocycles. The van der Waals surface area contributed by atoms with E-state index in [9.17, 15) is 4.79 Å². The number of carbonyl (C=O) groups is 1. The van der Waals surface area contributed by atoms with Crippen LogP contribution in [0.25, 0.3) is 0 Å². The van der Waals surface area contributed by atoms with Crippen molar-refractivity contribution in [3.63, 3.8) is 0 Å². The largest absolute Gasteiger partial charge is 0.379 e. The molecule has 6 heteroatoms. The molecule has 0 bridgehead atoms. The second-order valence-electron chi connectivity index (χ2n) is 4.82. The zero-order chi connectivity index (χ0) is 13.8. The highest BCUT2D eigenvalue weighted by Gasteiger charge is 2.30. The first-order valence-electron chi connectivity index (χ1n) is 6.51. The summed E-state index contributed by atoms with van der Waals surface area (Å²) in [5.74, 6) is 0.0298. The minimum absolute atomic E-state index is 0.00707. The van der Waals surface area contributed by atoms with Crippen molar-refractivity contribution in [1.82, 2.24) is 15.5 Å². The van der Waals surface area contributed by atoms with Crippen LogP contribution in [0, 0.1) is 5.92 Å². The third-order valence-corrected chi connectivity index (χ3v) is 3.43. The average molecular weight is 273 g/mol. The van der Waals surface area contributed by atoms with Gasteiger partial charge in [0.05, 0.1) is 19.3 Å². The normalized spacial score (nSPS) is 21.8. The van der Waals surface area contributed by atoms with Gasteiger partial charge < -0.3 is 14.6 Å². The molecule has 3 rings (SSSR count). The van der Waals surface area contributed by atoms with Crippen LogP contribution >= 0.6 is 0 Å². The zero-order valence-corrected chi connectivity index (χ0v) is 10.9. The molecule has 6 nitrogen and oxygen atoms in total. The Morgan fingerprint density at radius 2 is 2.15 bits per heavy atom. The number of aromatic nitrogens is 2. The van der Waals surface area contributed by atoms with Crippen molar-refractivity contribution in [3.05, 3.63) is 48.1 Å². The Morgan fingerprint density at radius 1 is 1.30 bits per heavy atom. The molecule has 20 heavy (non-hydrogen) atoms. The van der Waals surface area contributed by atoms with E-state index in [0.717, 1.165) is 6.42 Å². The molecule has 0 spiro atoms. The van der Waals surface area contributed by atoms with Gasteiger partial charge in [0.1, 0.15) is 6.26 Å². The summed E-state index contributed by atoms with van der Waals surface area (Å²) in [6.45, 7) is 1.17. The van der Waals surface area contributed by atoms with Gasteiger partial charge in [0.2, 0.25) is 0 Å². The number of hydrogen-bond acceptors (Lipinski definition) is 5. The van der Waals surface area contributed by atoms with Crippen LogP contribution in [0.4, 0.5) is 0 Å². The minimum Gasteiger partial charge on any atom is -0.379 e. The highest BCUT2D eigenvalue weighted by molar-refractivity contribution is 5.92. The van der Waals surface area contributed by atoms with Crippen LogP contribution in [0.5, 0.6) is 0 Å². The third kappa shape index (κ3) is 2.85. The second-order valence-corrected chi connectivity index (χ2v) is 4.82. The van der Waals surface area contributed by atoms with E-state index in [1.807, 2.05) is 12.1 Å². The maximum Gasteiger partial charge on any atom is 0.273 e. The molecule has 104 valence electrons. The predicted molar refractivity (Wildman–Crippen MR) is 70.0 cm³/mol. The highest BCUT2D eigenvalue weighted by Crippen LogP contribution is 2.19. The third-order valence-electron chi connectivity index (χ3n) is 3.43. The van der Waals surface area contributed by atoms with Crippen molar-refractivity contribution in [2.24, 2.45) is 5.92 Å². The SMILES string of the molecule is O=C(N[C@@H]1COC[C@H]1Cc1ccncc1)c1ccon1. The van der Waals surface area contributed by atoms with Gasteiger partial charge in [0.15, 0.2) is 5.69 Å². The Labute approximate surface area is 116 Å². The molecule has 2 aromatic rings. The van der Waals surface area contributed by atoms with Crippen LogP contribution in [0.2, 0.25) is 0 Å². The van der Waals surface area contributed by atoms with Gasteiger partial charge in [0.25, 0.3) is 5.91 Å². The van der Waals surface area contributed by atoms with Crippen molar-refractivity contribution in [2.45, 2.75) is 12.5 Å². The summed E-state index contributed by atoms with van der Waals surface area (Å²) in [5, 5.41) is 6.58. The molecule has 1 amide bonds. The molecule has 1 fully saturated rings. The van der Waals surface area contributed by atoms with E-state index in [2.05, 4.69) is 20.0 Å². The van der Waals surface area contributed by atoms with E-state index in [1.165, 1.54) is 11.8 Å². The first-order chi connectivity index (χ1) is 9.83. The van der Waals surface area contributed by atoms with Crippen molar-refractivity contribution in [3.8, 4) is 0 Å². The molecular weight excluding hydrogens is 258 g/mol. The first-order valence-corrected chi connectivity index (χ1v) is 6.51. The van der Waals surface area contributed by atoms with Crippen LogP contribution in [0.3, 0.4) is 0 Å². The fourth-order valence-electron chi connectivity index (χ4n) is 2.35. The smallest absolute Gasteiger partial charge is 0.273 e. The van der Waals surface area contributed by atoms with Gasteiger partial charge in [-0.1, -0.05) is 5.16 Å². The van der Waals surface area contributed by atoms with Gasteiger partial charge in [-0.3, -0.25) is 9.78 Å². The van der Waals surface area contributed by atoms with E-state index in [4.69, 9.17) is 4.74 Å². The number of pyridine rings is 1. The number of hydrogen-bond donors (Lipinski definition) is 1. The average Bonchev–Trinajstić information content (AvgIpc) is 3.12. The van der Waals surface area contributed by atoms with Crippen molar-refractivity contribution in [1.29, 1.82) is 0 Å². The van der Waals surface area contributed by atoms with Crippen molar-refractivity contribution < 1.29 is 14.1 Å². The lowest BCUT2D eigenvalue weighted by molar-refractivity contribution is 0.0916. The van der Waals surface area contributed by atoms with Gasteiger partial charge in [-0.15, -0.1) is 0 Å². The molecule has 2 aromatic heterocycles. The molecule has 0 saturated carbocycles. The molecule has 1 aliphatic heterocycles. The number of ether oxygens (including phenoxy) is 1. The number of rotatable bonds is 4. The summed E-state index contributed by atoms with van der Waals surface area (Å²) < 4.78 is 10.2. The summed E-state index contributed by atoms with van der Waals surface area (Å²) in [7, 11) is 0. The number of amides is 1. The van der Waals surface area contributed by atoms with Gasteiger partial charge in [0, 0.05) is 24.4 Å². The van der Waals surface area contributed by atoms with Crippen LogP contribution in [-0.4, -0.2) is 35.3 Å². The zero-order valence-electron chi connectivity index (χ0n) is 10.9. The van der Waals surface area contributed by atoms with Crippen molar-refractivity contribution >= 4 is 5.91 Å². The molecule has 0 radical (unpaired) electrons. The molecule has 2 atom stereocenters. The Balaban J connectivity index is 1.62. The van der Waals surface area contributed by atoms with Gasteiger partial charge in [-0.25, -0.2) is 0 Å². The quantitative estimate of drug-likeness (QED) is 0.901. The van der Waals surface area contributed by atoms with Crippen LogP contribution < -0.4 is 5.32 Å². The molecule has 1 aliphatic rings. The number of nitrogens with zero attached hydrogens (tertiary/aromatic N) is 2. The van der Waals surface area contributed by atoms with E-state index >= 15 is 0 Å². The Morgan fingerprint density at radius 3 is 2.90 bits per heavy atom. The van der Waals surface area contributed by atoms with Gasteiger partial charge >= 0.3 is 0 Å². The topological polar surface area (TPSA) is 77.2 Å². The molecule has 0 aromatic carbocycles. The molecule has 0 unspecified atom stereocenters. The van der Waals surface area contributed by atoms with Crippen molar-refractivity contribution in [2.75, 3.05) is 13.2 Å². The summed E-state index contributed by atoms with van der Waals surface area (Å²) in [6, 6.07) is 5.50. The molecule has 1 saturated heterocycles. The highest BCUT2D eigenvalue weighted by atomic mass is 16.5. The lowest BCUT2D eigenvalue weighted by Crippen LogP contribution is -2.40. The Kier molecular flexibility index (Phi) is 3.73. The fourth-order valence-corrected chi connectivity index (χ4v) is 2.35. The summed E-state index contributed by atoms with van der Waals surface area (Å²) in [4.78, 5) is 16.0. The minimum atomic E-state index is -0.228. The fraction of sp³-hybridized carbons (Fsp3) is 0.357. The predicted octanol–water partition coefficient (Wildman–Crippen LogP) is 1.06. The van der Waals surface area contributed by atoms with Crippen LogP contribution in [-0.2, 0) is 11.2 Å². The standard InChI is InChI=1S/C14H15N3O3/c18-14(12-3-6-20-17-12)16-13-9-19-8-11(13)7-10-1-4-15-5-2-10/h1-6,11,13H,7-9H2,(H,16,18)/t11-,13-/m1/s1.